The van der Waals surface area contributed by atoms with Crippen LogP contribution in [0.3, 0.4) is 0 Å². The lowest BCUT2D eigenvalue weighted by atomic mass is 10.1. The smallest absolute Gasteiger partial charge is 0.270 e. The van der Waals surface area contributed by atoms with Crippen molar-refractivity contribution < 1.29 is 9.53 Å². The highest BCUT2D eigenvalue weighted by Gasteiger charge is 2.12. The minimum atomic E-state index is -0.192. The number of carbonyl (C=O) groups excluding carboxylic acids is 1. The number of amides is 1. The van der Waals surface area contributed by atoms with Crippen LogP contribution in [-0.2, 0) is 6.54 Å². The monoisotopic (exact) mass is 361 g/mol. The quantitative estimate of drug-likeness (QED) is 0.662. The number of rotatable bonds is 7. The molecule has 27 heavy (non-hydrogen) atoms. The molecule has 0 aliphatic heterocycles. The fourth-order valence-corrected chi connectivity index (χ4v) is 2.77. The maximum Gasteiger partial charge on any atom is 0.270 e. The summed E-state index contributed by atoms with van der Waals surface area (Å²) in [4.78, 5) is 16.7. The molecular formula is C22H23N3O2. The molecule has 0 fully saturated rings. The fourth-order valence-electron chi connectivity index (χ4n) is 2.77. The van der Waals surface area contributed by atoms with Crippen molar-refractivity contribution in [3.63, 3.8) is 0 Å². The summed E-state index contributed by atoms with van der Waals surface area (Å²) in [7, 11) is 1.66. The second kappa shape index (κ2) is 8.85. The van der Waals surface area contributed by atoms with Gasteiger partial charge in [0.2, 0.25) is 0 Å². The SMILES string of the molecule is COc1ccccc1CNc1ccc(C(=O)NC(C)c2ccccc2)nc1. The largest absolute Gasteiger partial charge is 0.496 e. The summed E-state index contributed by atoms with van der Waals surface area (Å²) in [6, 6.07) is 21.2. The molecule has 1 atom stereocenters. The number of hydrogen-bond donors (Lipinski definition) is 2. The molecule has 0 aliphatic rings. The Balaban J connectivity index is 1.59. The number of anilines is 1. The van der Waals surface area contributed by atoms with Crippen LogP contribution < -0.4 is 15.4 Å². The summed E-state index contributed by atoms with van der Waals surface area (Å²) in [6.07, 6.45) is 1.66. The van der Waals surface area contributed by atoms with Crippen molar-refractivity contribution in [1.82, 2.24) is 10.3 Å². The summed E-state index contributed by atoms with van der Waals surface area (Å²) in [6.45, 7) is 2.57. The van der Waals surface area contributed by atoms with Crippen molar-refractivity contribution in [1.29, 1.82) is 0 Å². The average molecular weight is 361 g/mol. The third kappa shape index (κ3) is 4.85. The zero-order valence-electron chi connectivity index (χ0n) is 15.5. The van der Waals surface area contributed by atoms with Gasteiger partial charge in [-0.3, -0.25) is 4.79 Å². The van der Waals surface area contributed by atoms with E-state index in [0.29, 0.717) is 12.2 Å². The zero-order valence-corrected chi connectivity index (χ0v) is 15.5. The van der Waals surface area contributed by atoms with Crippen LogP contribution >= 0.6 is 0 Å². The van der Waals surface area contributed by atoms with Crippen molar-refractivity contribution in [3.8, 4) is 5.75 Å². The second-order valence-corrected chi connectivity index (χ2v) is 6.20. The zero-order chi connectivity index (χ0) is 19.1. The molecule has 2 N–H and O–H groups in total. The number of carbonyl (C=O) groups is 1. The number of pyridine rings is 1. The van der Waals surface area contributed by atoms with Gasteiger partial charge in [-0.25, -0.2) is 4.98 Å². The summed E-state index contributed by atoms with van der Waals surface area (Å²) >= 11 is 0. The Morgan fingerprint density at radius 2 is 1.78 bits per heavy atom. The Morgan fingerprint density at radius 1 is 1.04 bits per heavy atom. The Hall–Kier alpha value is -3.34. The number of nitrogens with one attached hydrogen (secondary N) is 2. The molecule has 3 aromatic rings. The first-order valence-corrected chi connectivity index (χ1v) is 8.85. The summed E-state index contributed by atoms with van der Waals surface area (Å²) < 4.78 is 5.35. The summed E-state index contributed by atoms with van der Waals surface area (Å²) in [5.41, 5.74) is 3.34. The average Bonchev–Trinajstić information content (AvgIpc) is 2.73. The Morgan fingerprint density at radius 3 is 2.48 bits per heavy atom. The van der Waals surface area contributed by atoms with Gasteiger partial charge in [0.25, 0.3) is 5.91 Å². The van der Waals surface area contributed by atoms with Crippen LogP contribution in [0.2, 0.25) is 0 Å². The van der Waals surface area contributed by atoms with Gasteiger partial charge in [-0.2, -0.15) is 0 Å². The van der Waals surface area contributed by atoms with Gasteiger partial charge in [-0.1, -0.05) is 48.5 Å². The van der Waals surface area contributed by atoms with E-state index >= 15 is 0 Å². The Labute approximate surface area is 159 Å². The molecule has 0 bridgehead atoms. The van der Waals surface area contributed by atoms with Gasteiger partial charge in [0.15, 0.2) is 0 Å². The molecule has 0 radical (unpaired) electrons. The molecule has 1 unspecified atom stereocenters. The van der Waals surface area contributed by atoms with Crippen LogP contribution in [0.1, 0.15) is 34.6 Å². The molecule has 0 saturated carbocycles. The normalized spacial score (nSPS) is 11.5. The third-order valence-corrected chi connectivity index (χ3v) is 4.32. The van der Waals surface area contributed by atoms with E-state index in [1.165, 1.54) is 0 Å². The van der Waals surface area contributed by atoms with Crippen LogP contribution in [0.4, 0.5) is 5.69 Å². The van der Waals surface area contributed by atoms with Crippen molar-refractivity contribution >= 4 is 11.6 Å². The highest BCUT2D eigenvalue weighted by atomic mass is 16.5. The van der Waals surface area contributed by atoms with Crippen LogP contribution in [0.25, 0.3) is 0 Å². The lowest BCUT2D eigenvalue weighted by molar-refractivity contribution is 0.0935. The highest BCUT2D eigenvalue weighted by Crippen LogP contribution is 2.19. The predicted octanol–water partition coefficient (Wildman–Crippen LogP) is 4.19. The molecule has 1 amide bonds. The summed E-state index contributed by atoms with van der Waals surface area (Å²) in [5.74, 6) is 0.645. The third-order valence-electron chi connectivity index (χ3n) is 4.32. The Bertz CT molecular complexity index is 880. The molecule has 0 aliphatic carbocycles. The van der Waals surface area contributed by atoms with Gasteiger partial charge < -0.3 is 15.4 Å². The van der Waals surface area contributed by atoms with Gasteiger partial charge >= 0.3 is 0 Å². The van der Waals surface area contributed by atoms with E-state index in [1.807, 2.05) is 67.6 Å². The number of methoxy groups -OCH3 is 1. The number of para-hydroxylation sites is 1. The molecule has 0 spiro atoms. The number of hydrogen-bond acceptors (Lipinski definition) is 4. The van der Waals surface area contributed by atoms with E-state index in [0.717, 1.165) is 22.6 Å². The molecule has 0 saturated heterocycles. The predicted molar refractivity (Wildman–Crippen MR) is 107 cm³/mol. The van der Waals surface area contributed by atoms with Crippen LogP contribution in [0.15, 0.2) is 72.9 Å². The highest BCUT2D eigenvalue weighted by molar-refractivity contribution is 5.92. The standard InChI is InChI=1S/C22H23N3O2/c1-16(17-8-4-3-5-9-17)25-22(26)20-13-12-19(15-24-20)23-14-18-10-6-7-11-21(18)27-2/h3-13,15-16,23H,14H2,1-2H3,(H,25,26). The number of aromatic nitrogens is 1. The molecule has 3 rings (SSSR count). The van der Waals surface area contributed by atoms with Crippen LogP contribution in [-0.4, -0.2) is 18.0 Å². The molecule has 1 heterocycles. The number of nitrogens with zero attached hydrogens (tertiary/aromatic N) is 1. The van der Waals surface area contributed by atoms with Crippen LogP contribution in [0, 0.1) is 0 Å². The molecule has 2 aromatic carbocycles. The van der Waals surface area contributed by atoms with E-state index < -0.39 is 0 Å². The second-order valence-electron chi connectivity index (χ2n) is 6.20. The van der Waals surface area contributed by atoms with E-state index in [1.54, 1.807) is 19.4 Å². The summed E-state index contributed by atoms with van der Waals surface area (Å²) in [5, 5.41) is 6.26. The molecule has 138 valence electrons. The van der Waals surface area contributed by atoms with E-state index in [4.69, 9.17) is 4.74 Å². The van der Waals surface area contributed by atoms with Crippen LogP contribution in [0.5, 0.6) is 5.75 Å². The number of benzene rings is 2. The first-order chi connectivity index (χ1) is 13.2. The van der Waals surface area contributed by atoms with Gasteiger partial charge in [0, 0.05) is 12.1 Å². The lowest BCUT2D eigenvalue weighted by Gasteiger charge is -2.14. The van der Waals surface area contributed by atoms with Crippen molar-refractivity contribution in [2.24, 2.45) is 0 Å². The Kier molecular flexibility index (Phi) is 6.05. The molecule has 5 nitrogen and oxygen atoms in total. The van der Waals surface area contributed by atoms with Gasteiger partial charge in [-0.05, 0) is 30.7 Å². The topological polar surface area (TPSA) is 63.2 Å². The lowest BCUT2D eigenvalue weighted by Crippen LogP contribution is -2.27. The van der Waals surface area contributed by atoms with Gasteiger partial charge in [0.05, 0.1) is 25.0 Å². The first-order valence-electron chi connectivity index (χ1n) is 8.85. The maximum absolute atomic E-state index is 12.4. The number of ether oxygens (including phenoxy) is 1. The van der Waals surface area contributed by atoms with Gasteiger partial charge in [-0.15, -0.1) is 0 Å². The molecule has 5 heteroatoms. The van der Waals surface area contributed by atoms with Crippen molar-refractivity contribution in [2.45, 2.75) is 19.5 Å². The molecular weight excluding hydrogens is 338 g/mol. The minimum Gasteiger partial charge on any atom is -0.496 e. The first kappa shape index (κ1) is 18.5. The van der Waals surface area contributed by atoms with E-state index in [2.05, 4.69) is 15.6 Å². The van der Waals surface area contributed by atoms with E-state index in [9.17, 15) is 4.79 Å². The van der Waals surface area contributed by atoms with Gasteiger partial charge in [0.1, 0.15) is 11.4 Å². The minimum absolute atomic E-state index is 0.0798. The van der Waals surface area contributed by atoms with Crippen molar-refractivity contribution in [2.75, 3.05) is 12.4 Å². The maximum atomic E-state index is 12.4. The fraction of sp³-hybridized carbons (Fsp3) is 0.182. The van der Waals surface area contributed by atoms with Crippen molar-refractivity contribution in [3.05, 3.63) is 89.7 Å². The van der Waals surface area contributed by atoms with E-state index in [-0.39, 0.29) is 11.9 Å². The molecule has 1 aromatic heterocycles.